The molecule has 0 saturated carbocycles. The Morgan fingerprint density at radius 2 is 2.00 bits per heavy atom. The maximum Gasteiger partial charge on any atom is 0.236 e. The second kappa shape index (κ2) is 9.07. The van der Waals surface area contributed by atoms with Crippen LogP contribution in [0.15, 0.2) is 41.6 Å². The summed E-state index contributed by atoms with van der Waals surface area (Å²) in [5.41, 5.74) is 4.30. The fourth-order valence-electron chi connectivity index (χ4n) is 3.13. The minimum atomic E-state index is -0.127. The molecule has 7 nitrogen and oxygen atoms in total. The zero-order chi connectivity index (χ0) is 22.0. The first-order chi connectivity index (χ1) is 14.9. The second-order valence-electron chi connectivity index (χ2n) is 7.29. The van der Waals surface area contributed by atoms with Gasteiger partial charge in [0, 0.05) is 7.05 Å². The van der Waals surface area contributed by atoms with Crippen molar-refractivity contribution in [2.75, 3.05) is 11.1 Å². The molecule has 0 aliphatic rings. The van der Waals surface area contributed by atoms with Gasteiger partial charge in [-0.05, 0) is 44.0 Å². The number of aryl methyl sites for hydroxylation is 3. The largest absolute Gasteiger partial charge is 0.485 e. The van der Waals surface area contributed by atoms with Crippen LogP contribution in [0.1, 0.15) is 22.5 Å². The molecule has 2 aromatic heterocycles. The van der Waals surface area contributed by atoms with Crippen molar-refractivity contribution in [3.8, 4) is 5.75 Å². The Kier molecular flexibility index (Phi) is 6.24. The molecular formula is C22H23N5O2S2. The summed E-state index contributed by atoms with van der Waals surface area (Å²) >= 11 is 2.80. The van der Waals surface area contributed by atoms with Crippen LogP contribution in [0.5, 0.6) is 5.75 Å². The first kappa shape index (κ1) is 21.3. The molecule has 4 aromatic rings. The van der Waals surface area contributed by atoms with Crippen molar-refractivity contribution in [2.24, 2.45) is 7.05 Å². The van der Waals surface area contributed by atoms with E-state index in [0.717, 1.165) is 27.1 Å². The number of benzene rings is 2. The number of thioether (sulfide) groups is 1. The number of thiazole rings is 1. The Morgan fingerprint density at radius 1 is 1.16 bits per heavy atom. The number of ether oxygens (including phenoxy) is 1. The van der Waals surface area contributed by atoms with Crippen LogP contribution in [0.25, 0.3) is 10.2 Å². The summed E-state index contributed by atoms with van der Waals surface area (Å²) in [6, 6.07) is 12.1. The number of hydrogen-bond acceptors (Lipinski definition) is 7. The van der Waals surface area contributed by atoms with E-state index in [4.69, 9.17) is 4.74 Å². The van der Waals surface area contributed by atoms with Crippen molar-refractivity contribution in [3.05, 3.63) is 58.9 Å². The van der Waals surface area contributed by atoms with E-state index < -0.39 is 0 Å². The highest BCUT2D eigenvalue weighted by molar-refractivity contribution is 7.99. The topological polar surface area (TPSA) is 81.9 Å². The Hall–Kier alpha value is -2.91. The Bertz CT molecular complexity index is 1250. The molecule has 31 heavy (non-hydrogen) atoms. The SMILES string of the molecule is Cc1ccc(OCc2nnc(SCC(=O)Nc3nc4c(C)cccc4s3)n2C)c(C)c1. The van der Waals surface area contributed by atoms with Gasteiger partial charge >= 0.3 is 0 Å². The van der Waals surface area contributed by atoms with Gasteiger partial charge in [-0.3, -0.25) is 4.79 Å². The number of anilines is 1. The van der Waals surface area contributed by atoms with Gasteiger partial charge in [0.2, 0.25) is 5.91 Å². The average molecular weight is 454 g/mol. The molecule has 1 N–H and O–H groups in total. The molecule has 2 aromatic carbocycles. The zero-order valence-electron chi connectivity index (χ0n) is 17.8. The third kappa shape index (κ3) is 4.88. The van der Waals surface area contributed by atoms with Gasteiger partial charge in [-0.2, -0.15) is 0 Å². The van der Waals surface area contributed by atoms with E-state index in [1.54, 1.807) is 0 Å². The van der Waals surface area contributed by atoms with Crippen molar-refractivity contribution >= 4 is 44.4 Å². The van der Waals surface area contributed by atoms with Gasteiger partial charge < -0.3 is 14.6 Å². The van der Waals surface area contributed by atoms with Crippen LogP contribution in [-0.4, -0.2) is 31.4 Å². The van der Waals surface area contributed by atoms with Crippen LogP contribution in [0.2, 0.25) is 0 Å². The third-order valence-corrected chi connectivity index (χ3v) is 6.77. The minimum Gasteiger partial charge on any atom is -0.485 e. The van der Waals surface area contributed by atoms with E-state index in [9.17, 15) is 4.79 Å². The van der Waals surface area contributed by atoms with Crippen LogP contribution in [-0.2, 0) is 18.4 Å². The van der Waals surface area contributed by atoms with E-state index in [2.05, 4.69) is 33.5 Å². The van der Waals surface area contributed by atoms with Gasteiger partial charge in [0.1, 0.15) is 12.4 Å². The number of carbonyl (C=O) groups excluding carboxylic acids is 1. The molecule has 0 fully saturated rings. The predicted molar refractivity (Wildman–Crippen MR) is 125 cm³/mol. The molecule has 1 amide bonds. The van der Waals surface area contributed by atoms with Crippen LogP contribution < -0.4 is 10.1 Å². The summed E-state index contributed by atoms with van der Waals surface area (Å²) in [5, 5.41) is 12.5. The number of para-hydroxylation sites is 1. The monoisotopic (exact) mass is 453 g/mol. The summed E-state index contributed by atoms with van der Waals surface area (Å²) in [7, 11) is 1.87. The number of amides is 1. The van der Waals surface area contributed by atoms with E-state index in [0.29, 0.717) is 22.7 Å². The molecule has 160 valence electrons. The number of rotatable bonds is 7. The minimum absolute atomic E-state index is 0.127. The Labute approximate surface area is 188 Å². The van der Waals surface area contributed by atoms with Gasteiger partial charge in [-0.1, -0.05) is 52.9 Å². The molecule has 0 aliphatic carbocycles. The lowest BCUT2D eigenvalue weighted by atomic mass is 10.1. The molecule has 4 rings (SSSR count). The van der Waals surface area contributed by atoms with E-state index in [-0.39, 0.29) is 11.7 Å². The first-order valence-corrected chi connectivity index (χ1v) is 11.6. The maximum atomic E-state index is 12.4. The molecule has 0 aliphatic heterocycles. The molecule has 0 bridgehead atoms. The van der Waals surface area contributed by atoms with Crippen molar-refractivity contribution in [1.82, 2.24) is 19.7 Å². The lowest BCUT2D eigenvalue weighted by Crippen LogP contribution is -2.14. The van der Waals surface area contributed by atoms with Gasteiger partial charge in [-0.25, -0.2) is 4.98 Å². The summed E-state index contributed by atoms with van der Waals surface area (Å²) < 4.78 is 8.81. The highest BCUT2D eigenvalue weighted by atomic mass is 32.2. The molecule has 0 radical (unpaired) electrons. The second-order valence-corrected chi connectivity index (χ2v) is 9.27. The Morgan fingerprint density at radius 3 is 2.77 bits per heavy atom. The molecule has 0 spiro atoms. The van der Waals surface area contributed by atoms with Crippen LogP contribution in [0.4, 0.5) is 5.13 Å². The van der Waals surface area contributed by atoms with E-state index >= 15 is 0 Å². The average Bonchev–Trinajstić information content (AvgIpc) is 3.30. The molecule has 0 unspecified atom stereocenters. The molecule has 0 saturated heterocycles. The van der Waals surface area contributed by atoms with Crippen molar-refractivity contribution in [2.45, 2.75) is 32.5 Å². The number of carbonyl (C=O) groups is 1. The van der Waals surface area contributed by atoms with Gasteiger partial charge in [-0.15, -0.1) is 10.2 Å². The lowest BCUT2D eigenvalue weighted by Gasteiger charge is -2.09. The summed E-state index contributed by atoms with van der Waals surface area (Å²) in [6.07, 6.45) is 0. The normalized spacial score (nSPS) is 11.1. The fraction of sp³-hybridized carbons (Fsp3) is 0.273. The smallest absolute Gasteiger partial charge is 0.236 e. The highest BCUT2D eigenvalue weighted by Crippen LogP contribution is 2.28. The number of aromatic nitrogens is 4. The lowest BCUT2D eigenvalue weighted by molar-refractivity contribution is -0.113. The molecular weight excluding hydrogens is 430 g/mol. The van der Waals surface area contributed by atoms with Crippen molar-refractivity contribution < 1.29 is 9.53 Å². The number of hydrogen-bond donors (Lipinski definition) is 1. The Balaban J connectivity index is 1.33. The van der Waals surface area contributed by atoms with Crippen LogP contribution in [0, 0.1) is 20.8 Å². The van der Waals surface area contributed by atoms with Crippen LogP contribution >= 0.6 is 23.1 Å². The first-order valence-electron chi connectivity index (χ1n) is 9.78. The van der Waals surface area contributed by atoms with Crippen LogP contribution in [0.3, 0.4) is 0 Å². The predicted octanol–water partition coefficient (Wildman–Crippen LogP) is 4.66. The van der Waals surface area contributed by atoms with Crippen molar-refractivity contribution in [3.63, 3.8) is 0 Å². The van der Waals surface area contributed by atoms with Crippen molar-refractivity contribution in [1.29, 1.82) is 0 Å². The standard InChI is InChI=1S/C22H23N5O2S2/c1-13-8-9-16(15(3)10-13)29-11-18-25-26-22(27(18)4)30-12-19(28)23-21-24-20-14(2)6-5-7-17(20)31-21/h5-10H,11-12H2,1-4H3,(H,23,24,28). The van der Waals surface area contributed by atoms with Gasteiger partial charge in [0.05, 0.1) is 16.0 Å². The summed E-state index contributed by atoms with van der Waals surface area (Å²) in [5.74, 6) is 1.62. The van der Waals surface area contributed by atoms with E-state index in [1.165, 1.54) is 28.7 Å². The fourth-order valence-corrected chi connectivity index (χ4v) is 4.82. The third-order valence-electron chi connectivity index (χ3n) is 4.81. The van der Waals surface area contributed by atoms with Gasteiger partial charge in [0.15, 0.2) is 16.1 Å². The summed E-state index contributed by atoms with van der Waals surface area (Å²) in [6.45, 7) is 6.40. The molecule has 2 heterocycles. The molecule has 9 heteroatoms. The molecule has 0 atom stereocenters. The van der Waals surface area contributed by atoms with E-state index in [1.807, 2.05) is 55.8 Å². The zero-order valence-corrected chi connectivity index (χ0v) is 19.4. The number of nitrogens with zero attached hydrogens (tertiary/aromatic N) is 4. The maximum absolute atomic E-state index is 12.4. The number of nitrogens with one attached hydrogen (secondary N) is 1. The number of fused-ring (bicyclic) bond motifs is 1. The summed E-state index contributed by atoms with van der Waals surface area (Å²) in [4.78, 5) is 16.9. The quantitative estimate of drug-likeness (QED) is 0.410. The highest BCUT2D eigenvalue weighted by Gasteiger charge is 2.14. The van der Waals surface area contributed by atoms with Gasteiger partial charge in [0.25, 0.3) is 0 Å².